The van der Waals surface area contributed by atoms with Gasteiger partial charge < -0.3 is 0 Å². The van der Waals surface area contributed by atoms with E-state index < -0.39 is 0 Å². The van der Waals surface area contributed by atoms with Gasteiger partial charge in [-0.2, -0.15) is 0 Å². The summed E-state index contributed by atoms with van der Waals surface area (Å²) in [6.07, 6.45) is 8.01. The molecule has 17 rings (SSSR count). The number of allylic oxidation sites excluding steroid dienone is 8. The molecule has 0 saturated carbocycles. The Bertz CT molecular complexity index is 3290. The topological polar surface area (TPSA) is 0 Å². The van der Waals surface area contributed by atoms with Crippen molar-refractivity contribution < 1.29 is 0 Å². The van der Waals surface area contributed by atoms with Crippen molar-refractivity contribution in [1.29, 1.82) is 0 Å². The molecule has 9 aliphatic carbocycles. The Kier molecular flexibility index (Phi) is 5.96. The van der Waals surface area contributed by atoms with Crippen LogP contribution in [-0.2, 0) is 51.4 Å². The Hall–Kier alpha value is -7.28. The van der Waals surface area contributed by atoms with Gasteiger partial charge in [-0.3, -0.25) is 0 Å². The average Bonchev–Trinajstić information content (AvgIpc) is 4.20. The highest BCUT2D eigenvalue weighted by Crippen LogP contribution is 2.62. The van der Waals surface area contributed by atoms with E-state index in [0.717, 1.165) is 51.4 Å². The van der Waals surface area contributed by atoms with Crippen LogP contribution in [0, 0.1) is 0 Å². The van der Waals surface area contributed by atoms with Crippen LogP contribution in [0.1, 0.15) is 89.0 Å². The second kappa shape index (κ2) is 11.4. The van der Waals surface area contributed by atoms with Crippen molar-refractivity contribution in [2.75, 3.05) is 0 Å². The highest BCUT2D eigenvalue weighted by molar-refractivity contribution is 6.17. The van der Waals surface area contributed by atoms with Gasteiger partial charge in [-0.05, 0) is 254 Å². The van der Waals surface area contributed by atoms with Crippen LogP contribution in [0.5, 0.6) is 0 Å². The lowest BCUT2D eigenvalue weighted by Gasteiger charge is -2.23. The zero-order chi connectivity index (χ0) is 41.1. The molecule has 0 fully saturated rings. The number of hydrogen-bond donors (Lipinski definition) is 0. The molecule has 0 aliphatic heterocycles. The minimum Gasteiger partial charge on any atom is -0.0619 e. The fourth-order valence-corrected chi connectivity index (χ4v) is 14.5. The molecule has 9 aliphatic rings. The van der Waals surface area contributed by atoms with E-state index in [1.54, 1.807) is 22.3 Å². The Morgan fingerprint density at radius 3 is 0.641 bits per heavy atom. The monoisotopic (exact) mass is 808 g/mol. The van der Waals surface area contributed by atoms with Crippen LogP contribution in [0.25, 0.3) is 66.8 Å². The summed E-state index contributed by atoms with van der Waals surface area (Å²) >= 11 is 0. The molecule has 0 heteroatoms. The maximum Gasteiger partial charge on any atom is -0.000695 e. The summed E-state index contributed by atoms with van der Waals surface area (Å²) in [7, 11) is 0. The molecular weight excluding hydrogens is 769 g/mol. The predicted molar refractivity (Wildman–Crippen MR) is 261 cm³/mol. The molecule has 0 nitrogen and oxygen atoms in total. The van der Waals surface area contributed by atoms with Gasteiger partial charge in [-0.25, -0.2) is 0 Å². The molecule has 0 saturated heterocycles. The van der Waals surface area contributed by atoms with Gasteiger partial charge in [0.05, 0.1) is 0 Å². The summed E-state index contributed by atoms with van der Waals surface area (Å²) < 4.78 is 0. The standard InChI is InChI=1S/C64H40/c1-5-13-45-33(9-1)17-37-21-41-25-57-61(53(41)29-49(37)45)58-26-42-22-38-18-34-10-3-7-15-47(34)51(38)31-55(42)63(58)60-28-44-24-40-20-36-12-4-8-16-48(36)52(40)32-56(44)64(60)59-27-43-23-39-19-35-11-2-6-14-46(35)50(39)30-54(43)62(57)59/h1-16,21-24,29-32H,17-20,25-28H2. The normalized spacial score (nSPS) is 17.2. The van der Waals surface area contributed by atoms with Gasteiger partial charge in [-0.15, -0.1) is 0 Å². The zero-order valence-electron chi connectivity index (χ0n) is 35.5. The summed E-state index contributed by atoms with van der Waals surface area (Å²) in [6, 6.07) is 57.7. The second-order valence-corrected chi connectivity index (χ2v) is 20.1. The first-order valence-electron chi connectivity index (χ1n) is 23.6. The lowest BCUT2D eigenvalue weighted by atomic mass is 9.80. The van der Waals surface area contributed by atoms with Crippen molar-refractivity contribution in [3.8, 4) is 44.5 Å². The molecule has 296 valence electrons. The third kappa shape index (κ3) is 4.08. The Balaban J connectivity index is 0.976. The van der Waals surface area contributed by atoms with E-state index in [2.05, 4.69) is 146 Å². The fourth-order valence-electron chi connectivity index (χ4n) is 14.5. The molecule has 8 aromatic rings. The SMILES string of the molecule is c1ccc2c(c1)Cc1cc3c(cc1-2)C1=C(C3)C2=C(Cc3cc4c(cc32)-c2ccccc2C4)C2=C(Cc3cc4c(cc32)-c2ccccc2C4)C2=C1Cc1cc3c(cc12)-c1ccccc1C3. The Morgan fingerprint density at radius 2 is 0.391 bits per heavy atom. The summed E-state index contributed by atoms with van der Waals surface area (Å²) in [5.41, 5.74) is 47.7. The van der Waals surface area contributed by atoms with Crippen molar-refractivity contribution in [2.24, 2.45) is 0 Å². The van der Waals surface area contributed by atoms with Gasteiger partial charge in [0.1, 0.15) is 0 Å². The van der Waals surface area contributed by atoms with Gasteiger partial charge in [0.25, 0.3) is 0 Å². The van der Waals surface area contributed by atoms with E-state index in [-0.39, 0.29) is 0 Å². The van der Waals surface area contributed by atoms with E-state index in [1.807, 2.05) is 0 Å². The minimum absolute atomic E-state index is 0.976. The molecule has 0 heterocycles. The molecule has 0 aromatic heterocycles. The quantitative estimate of drug-likeness (QED) is 0.143. The van der Waals surface area contributed by atoms with Crippen LogP contribution >= 0.6 is 0 Å². The van der Waals surface area contributed by atoms with E-state index in [1.165, 1.54) is 156 Å². The average molecular weight is 809 g/mol. The molecule has 0 radical (unpaired) electrons. The molecule has 64 heavy (non-hydrogen) atoms. The van der Waals surface area contributed by atoms with Crippen LogP contribution in [0.15, 0.2) is 168 Å². The zero-order valence-corrected chi connectivity index (χ0v) is 35.5. The summed E-state index contributed by atoms with van der Waals surface area (Å²) in [6.45, 7) is 0. The van der Waals surface area contributed by atoms with Crippen molar-refractivity contribution in [1.82, 2.24) is 0 Å². The van der Waals surface area contributed by atoms with Crippen LogP contribution in [-0.4, -0.2) is 0 Å². The maximum absolute atomic E-state index is 2.64. The van der Waals surface area contributed by atoms with E-state index in [9.17, 15) is 0 Å². The molecule has 0 amide bonds. The first-order chi connectivity index (χ1) is 31.7. The van der Waals surface area contributed by atoms with Gasteiger partial charge in [0, 0.05) is 0 Å². The molecule has 0 N–H and O–H groups in total. The molecular formula is C64H40. The van der Waals surface area contributed by atoms with Crippen molar-refractivity contribution in [2.45, 2.75) is 51.4 Å². The maximum atomic E-state index is 2.64. The Labute approximate surface area is 373 Å². The summed E-state index contributed by atoms with van der Waals surface area (Å²) in [5.74, 6) is 0. The first kappa shape index (κ1) is 33.3. The van der Waals surface area contributed by atoms with Crippen LogP contribution in [0.3, 0.4) is 0 Å². The number of fused-ring (bicyclic) bond motifs is 24. The molecule has 0 atom stereocenters. The summed E-state index contributed by atoms with van der Waals surface area (Å²) in [4.78, 5) is 0. The van der Waals surface area contributed by atoms with E-state index in [0.29, 0.717) is 0 Å². The minimum atomic E-state index is 0.976. The molecule has 0 bridgehead atoms. The third-order valence-electron chi connectivity index (χ3n) is 17.0. The molecule has 0 spiro atoms. The van der Waals surface area contributed by atoms with Gasteiger partial charge in [0.15, 0.2) is 0 Å². The number of rotatable bonds is 0. The molecule has 8 aromatic carbocycles. The van der Waals surface area contributed by atoms with E-state index >= 15 is 0 Å². The smallest absolute Gasteiger partial charge is 0.000695 e. The number of hydrogen-bond acceptors (Lipinski definition) is 0. The highest BCUT2D eigenvalue weighted by Gasteiger charge is 2.44. The van der Waals surface area contributed by atoms with Crippen LogP contribution < -0.4 is 0 Å². The largest absolute Gasteiger partial charge is 0.0619 e. The van der Waals surface area contributed by atoms with Gasteiger partial charge in [0.2, 0.25) is 0 Å². The third-order valence-corrected chi connectivity index (χ3v) is 17.0. The van der Waals surface area contributed by atoms with Gasteiger partial charge >= 0.3 is 0 Å². The Morgan fingerprint density at radius 1 is 0.172 bits per heavy atom. The lowest BCUT2D eigenvalue weighted by molar-refractivity contribution is 1.19. The number of benzene rings is 8. The highest BCUT2D eigenvalue weighted by atomic mass is 14.5. The summed E-state index contributed by atoms with van der Waals surface area (Å²) in [5, 5.41) is 0. The fraction of sp³-hybridized carbons (Fsp3) is 0.125. The van der Waals surface area contributed by atoms with Crippen molar-refractivity contribution in [3.05, 3.63) is 257 Å². The first-order valence-corrected chi connectivity index (χ1v) is 23.6. The van der Waals surface area contributed by atoms with Crippen LogP contribution in [0.4, 0.5) is 0 Å². The lowest BCUT2D eigenvalue weighted by Crippen LogP contribution is -2.03. The molecule has 0 unspecified atom stereocenters. The van der Waals surface area contributed by atoms with E-state index in [4.69, 9.17) is 0 Å². The van der Waals surface area contributed by atoms with Crippen LogP contribution in [0.2, 0.25) is 0 Å². The second-order valence-electron chi connectivity index (χ2n) is 20.1. The van der Waals surface area contributed by atoms with Gasteiger partial charge in [-0.1, -0.05) is 121 Å². The predicted octanol–water partition coefficient (Wildman–Crippen LogP) is 14.3. The van der Waals surface area contributed by atoms with Crippen molar-refractivity contribution in [3.63, 3.8) is 0 Å². The van der Waals surface area contributed by atoms with Crippen molar-refractivity contribution >= 4 is 22.3 Å².